The first-order valence-electron chi connectivity index (χ1n) is 5.66. The van der Waals surface area contributed by atoms with Crippen molar-refractivity contribution in [1.29, 1.82) is 0 Å². The van der Waals surface area contributed by atoms with Crippen molar-refractivity contribution in [2.45, 2.75) is 50.3 Å². The van der Waals surface area contributed by atoms with Crippen molar-refractivity contribution in [3.63, 3.8) is 0 Å². The summed E-state index contributed by atoms with van der Waals surface area (Å²) in [6, 6.07) is 0. The SMILES string of the molecule is [CH2-]C1O[C@H]2OCCCCCC1[C@H](O)[C@H]2O.[Y]. The Labute approximate surface area is 122 Å². The predicted molar refractivity (Wildman–Crippen MR) is 53.9 cm³/mol. The van der Waals surface area contributed by atoms with E-state index < -0.39 is 18.5 Å². The fraction of sp³-hybridized carbons (Fsp3) is 0.909. The van der Waals surface area contributed by atoms with Crippen LogP contribution >= 0.6 is 0 Å². The normalized spacial score (nSPS) is 44.8. The van der Waals surface area contributed by atoms with E-state index in [9.17, 15) is 10.2 Å². The van der Waals surface area contributed by atoms with Gasteiger partial charge in [-0.05, 0) is 18.8 Å². The molecular weight excluding hydrogens is 285 g/mol. The van der Waals surface area contributed by atoms with Crippen LogP contribution in [0.3, 0.4) is 0 Å². The molecule has 4 nitrogen and oxygen atoms in total. The van der Waals surface area contributed by atoms with Gasteiger partial charge < -0.3 is 26.6 Å². The maximum absolute atomic E-state index is 9.91. The molecule has 3 aliphatic heterocycles. The Morgan fingerprint density at radius 1 is 1.06 bits per heavy atom. The Hall–Kier alpha value is 0.944. The van der Waals surface area contributed by atoms with Crippen molar-refractivity contribution in [1.82, 2.24) is 0 Å². The fourth-order valence-electron chi connectivity index (χ4n) is 2.34. The van der Waals surface area contributed by atoms with Crippen LogP contribution in [-0.2, 0) is 42.2 Å². The molecule has 5 atom stereocenters. The van der Waals surface area contributed by atoms with Crippen molar-refractivity contribution in [2.75, 3.05) is 6.61 Å². The van der Waals surface area contributed by atoms with Gasteiger partial charge in [-0.15, -0.1) is 0 Å². The number of hydrogen-bond acceptors (Lipinski definition) is 4. The third kappa shape index (κ3) is 3.24. The van der Waals surface area contributed by atoms with E-state index in [1.54, 1.807) is 0 Å². The molecule has 3 aliphatic rings. The number of fused-ring (bicyclic) bond motifs is 7. The van der Waals surface area contributed by atoms with Gasteiger partial charge in [-0.25, -0.2) is 0 Å². The van der Waals surface area contributed by atoms with Gasteiger partial charge in [-0.3, -0.25) is 0 Å². The van der Waals surface area contributed by atoms with Crippen molar-refractivity contribution < 1.29 is 52.4 Å². The van der Waals surface area contributed by atoms with Crippen LogP contribution in [0.1, 0.15) is 25.7 Å². The molecule has 2 bridgehead atoms. The fourth-order valence-corrected chi connectivity index (χ4v) is 2.34. The molecular formula is C11H19O4Y-. The van der Waals surface area contributed by atoms with Gasteiger partial charge in [0.15, 0.2) is 6.29 Å². The summed E-state index contributed by atoms with van der Waals surface area (Å²) in [6.45, 7) is 4.44. The van der Waals surface area contributed by atoms with Crippen LogP contribution < -0.4 is 0 Å². The van der Waals surface area contributed by atoms with Crippen molar-refractivity contribution in [3.8, 4) is 0 Å². The van der Waals surface area contributed by atoms with E-state index >= 15 is 0 Å². The molecule has 0 aromatic heterocycles. The van der Waals surface area contributed by atoms with Crippen LogP contribution in [0, 0.1) is 12.8 Å². The third-order valence-electron chi connectivity index (χ3n) is 3.32. The van der Waals surface area contributed by atoms with Crippen molar-refractivity contribution in [3.05, 3.63) is 6.92 Å². The van der Waals surface area contributed by atoms with Gasteiger partial charge in [0, 0.05) is 39.3 Å². The second-order valence-corrected chi connectivity index (χ2v) is 4.41. The number of rotatable bonds is 0. The van der Waals surface area contributed by atoms with Crippen LogP contribution in [0.15, 0.2) is 0 Å². The number of hydrogen-bond donors (Lipinski definition) is 2. The number of aliphatic hydroxyl groups excluding tert-OH is 2. The van der Waals surface area contributed by atoms with Gasteiger partial charge in [-0.1, -0.05) is 18.9 Å². The van der Waals surface area contributed by atoms with E-state index in [1.807, 2.05) is 0 Å². The van der Waals surface area contributed by atoms with E-state index in [0.717, 1.165) is 25.7 Å². The Bertz CT molecular complexity index is 212. The van der Waals surface area contributed by atoms with Crippen molar-refractivity contribution in [2.24, 2.45) is 5.92 Å². The summed E-state index contributed by atoms with van der Waals surface area (Å²) >= 11 is 0. The molecule has 16 heavy (non-hydrogen) atoms. The average Bonchev–Trinajstić information content (AvgIpc) is 2.23. The van der Waals surface area contributed by atoms with Crippen molar-refractivity contribution >= 4 is 0 Å². The Morgan fingerprint density at radius 3 is 2.56 bits per heavy atom. The maximum Gasteiger partial charge on any atom is 0.183 e. The molecule has 0 aliphatic carbocycles. The minimum Gasteiger partial charge on any atom is -0.390 e. The third-order valence-corrected chi connectivity index (χ3v) is 3.32. The monoisotopic (exact) mass is 304 g/mol. The number of aliphatic hydroxyl groups is 2. The standard InChI is InChI=1S/C11H19O4.Y/c1-7-8-5-3-2-4-6-14-11(15-7)10(13)9(8)12;/h7-13H,1-6H2;/q-1;/t7?,8?,9-,10+,11+;/m0./s1. The Morgan fingerprint density at radius 2 is 1.81 bits per heavy atom. The molecule has 0 amide bonds. The van der Waals surface area contributed by atoms with Gasteiger partial charge in [0.05, 0.1) is 6.10 Å². The summed E-state index contributed by atoms with van der Waals surface area (Å²) in [6.07, 6.45) is 1.26. The zero-order valence-corrected chi connectivity index (χ0v) is 12.3. The van der Waals surface area contributed by atoms with E-state index in [0.29, 0.717) is 6.61 Å². The molecule has 3 saturated heterocycles. The Kier molecular flexibility index (Phi) is 6.34. The van der Waals surface area contributed by atoms with E-state index in [-0.39, 0.29) is 44.7 Å². The predicted octanol–water partition coefficient (Wildman–Crippen LogP) is 0.471. The topological polar surface area (TPSA) is 58.9 Å². The molecule has 3 rings (SSSR count). The van der Waals surface area contributed by atoms with Crippen LogP contribution in [-0.4, -0.2) is 41.4 Å². The first-order valence-corrected chi connectivity index (χ1v) is 5.66. The largest absolute Gasteiger partial charge is 0.390 e. The summed E-state index contributed by atoms with van der Waals surface area (Å²) in [7, 11) is 0. The second-order valence-electron chi connectivity index (χ2n) is 4.41. The molecule has 0 saturated carbocycles. The van der Waals surface area contributed by atoms with Crippen LogP contribution in [0.25, 0.3) is 0 Å². The molecule has 3 heterocycles. The van der Waals surface area contributed by atoms with E-state index in [2.05, 4.69) is 6.92 Å². The smallest absolute Gasteiger partial charge is 0.183 e. The molecule has 0 aromatic carbocycles. The molecule has 3 fully saturated rings. The summed E-state index contributed by atoms with van der Waals surface area (Å²) in [5.74, 6) is -0.0713. The molecule has 2 unspecified atom stereocenters. The molecule has 0 spiro atoms. The molecule has 1 radical (unpaired) electrons. The zero-order chi connectivity index (χ0) is 10.8. The average molecular weight is 304 g/mol. The molecule has 91 valence electrons. The van der Waals surface area contributed by atoms with E-state index in [1.165, 1.54) is 0 Å². The van der Waals surface area contributed by atoms with E-state index in [4.69, 9.17) is 9.47 Å². The summed E-state index contributed by atoms with van der Waals surface area (Å²) < 4.78 is 10.9. The first kappa shape index (κ1) is 15.0. The number of ether oxygens (including phenoxy) is 2. The van der Waals surface area contributed by atoms with Gasteiger partial charge in [0.2, 0.25) is 0 Å². The van der Waals surface area contributed by atoms with Gasteiger partial charge in [0.25, 0.3) is 0 Å². The zero-order valence-electron chi connectivity index (χ0n) is 9.42. The summed E-state index contributed by atoms with van der Waals surface area (Å²) in [5, 5.41) is 19.7. The minimum atomic E-state index is -0.939. The first-order chi connectivity index (χ1) is 7.20. The Balaban J connectivity index is 0.00000128. The molecule has 0 aromatic rings. The van der Waals surface area contributed by atoms with Crippen LogP contribution in [0.5, 0.6) is 0 Å². The van der Waals surface area contributed by atoms with Gasteiger partial charge >= 0.3 is 0 Å². The quantitative estimate of drug-likeness (QED) is 0.639. The van der Waals surface area contributed by atoms with Gasteiger partial charge in [-0.2, -0.15) is 0 Å². The summed E-state index contributed by atoms with van der Waals surface area (Å²) in [5.41, 5.74) is 0. The molecule has 5 heteroatoms. The van der Waals surface area contributed by atoms with Crippen LogP contribution in [0.4, 0.5) is 0 Å². The van der Waals surface area contributed by atoms with Gasteiger partial charge in [0.1, 0.15) is 6.10 Å². The minimum absolute atomic E-state index is 0. The summed E-state index contributed by atoms with van der Waals surface area (Å²) in [4.78, 5) is 0. The van der Waals surface area contributed by atoms with Crippen LogP contribution in [0.2, 0.25) is 0 Å². The molecule has 2 N–H and O–H groups in total. The second kappa shape index (κ2) is 6.76. The maximum atomic E-state index is 9.91.